The van der Waals surface area contributed by atoms with Crippen LogP contribution in [0, 0.1) is 0 Å². The molecule has 1 aromatic heterocycles. The number of benzene rings is 2. The van der Waals surface area contributed by atoms with Gasteiger partial charge in [0.2, 0.25) is 5.91 Å². The molecule has 3 aromatic rings. The summed E-state index contributed by atoms with van der Waals surface area (Å²) < 4.78 is 0. The number of nitrogen functional groups attached to an aromatic ring is 1. The third kappa shape index (κ3) is 5.65. The van der Waals surface area contributed by atoms with E-state index < -0.39 is 75.7 Å². The zero-order valence-corrected chi connectivity index (χ0v) is 20.2. The van der Waals surface area contributed by atoms with Crippen LogP contribution in [0.5, 0.6) is 23.0 Å². The van der Waals surface area contributed by atoms with E-state index in [1.54, 1.807) is 11.4 Å². The molecule has 16 N–H and O–H groups in total. The molecule has 17 nitrogen and oxygen atoms in total. The number of carbonyl (C=O) groups is 1. The first kappa shape index (κ1) is 29.7. The van der Waals surface area contributed by atoms with Crippen LogP contribution in [0.3, 0.4) is 0 Å². The van der Waals surface area contributed by atoms with Crippen molar-refractivity contribution in [1.82, 2.24) is 10.3 Å². The molecule has 1 amide bonds. The van der Waals surface area contributed by atoms with Crippen LogP contribution in [0.15, 0.2) is 35.7 Å². The molecule has 0 fully saturated rings. The highest BCUT2D eigenvalue weighted by Gasteiger charge is 2.56. The van der Waals surface area contributed by atoms with Crippen LogP contribution < -0.4 is 16.4 Å². The number of amides is 1. The normalized spacial score (nSPS) is 12.9. The van der Waals surface area contributed by atoms with E-state index in [9.17, 15) is 66.1 Å². The maximum absolute atomic E-state index is 12.4. The summed E-state index contributed by atoms with van der Waals surface area (Å²) in [4.78, 5) is 15.9. The van der Waals surface area contributed by atoms with Gasteiger partial charge in [0.05, 0.1) is 0 Å². The SMILES string of the molecule is Nc1nc(C(O)(O)C(=O)Nc2c(O)c(O)c(C(O)(O)C(O)(O)NC(O)(O)Cc3ccccc3)c(O)c2O)cs1. The fourth-order valence-corrected chi connectivity index (χ4v) is 3.98. The maximum Gasteiger partial charge on any atom is 0.291 e. The number of aromatic hydroxyl groups is 4. The topological polar surface area (TPSA) is 323 Å². The van der Waals surface area contributed by atoms with Crippen LogP contribution >= 0.6 is 11.3 Å². The molecule has 0 aliphatic heterocycles. The molecule has 0 atom stereocenters. The Kier molecular flexibility index (Phi) is 7.66. The minimum atomic E-state index is -4.33. The molecule has 212 valence electrons. The van der Waals surface area contributed by atoms with Gasteiger partial charge in [-0.1, -0.05) is 30.3 Å². The lowest BCUT2D eigenvalue weighted by Gasteiger charge is -2.40. The van der Waals surface area contributed by atoms with Crippen LogP contribution in [-0.4, -0.2) is 84.0 Å². The van der Waals surface area contributed by atoms with Crippen LogP contribution in [0.2, 0.25) is 0 Å². The van der Waals surface area contributed by atoms with Crippen molar-refractivity contribution in [2.45, 2.75) is 29.8 Å². The van der Waals surface area contributed by atoms with Gasteiger partial charge < -0.3 is 72.3 Å². The number of aliphatic hydroxyl groups is 8. The van der Waals surface area contributed by atoms with E-state index in [4.69, 9.17) is 5.73 Å². The van der Waals surface area contributed by atoms with Gasteiger partial charge in [-0.05, 0) is 5.56 Å². The Morgan fingerprint density at radius 1 is 0.872 bits per heavy atom. The number of hydrogen-bond acceptors (Lipinski definition) is 17. The molecule has 0 unspecified atom stereocenters. The van der Waals surface area contributed by atoms with Gasteiger partial charge in [0.15, 0.2) is 28.1 Å². The van der Waals surface area contributed by atoms with Crippen molar-refractivity contribution in [3.63, 3.8) is 0 Å². The number of aromatic nitrogens is 1. The standard InChI is InChI=1S/C21H24N4O13S/c22-17-23-9(7-39-17)19(33,34)16(30)24-11-14(28)12(26)10(13(27)15(11)29)20(35,36)21(37,38)25-18(31,32)6-8-4-2-1-3-5-8/h1-5,7,25-29,31-38H,6H2,(H2,22,23)(H,24,30). The number of hydrogen-bond donors (Lipinski definition) is 15. The number of carbonyl (C=O) groups excluding carboxylic acids is 1. The van der Waals surface area contributed by atoms with E-state index in [0.29, 0.717) is 0 Å². The Labute approximate surface area is 221 Å². The van der Waals surface area contributed by atoms with E-state index in [-0.39, 0.29) is 10.7 Å². The van der Waals surface area contributed by atoms with Crippen LogP contribution in [0.25, 0.3) is 0 Å². The van der Waals surface area contributed by atoms with Crippen molar-refractivity contribution < 1.29 is 66.1 Å². The lowest BCUT2D eigenvalue weighted by molar-refractivity contribution is -0.407. The van der Waals surface area contributed by atoms with Crippen molar-refractivity contribution in [3.05, 3.63) is 52.5 Å². The fraction of sp³-hybridized carbons (Fsp3) is 0.238. The minimum Gasteiger partial charge on any atom is -0.504 e. The number of nitrogens with two attached hydrogens (primary N) is 1. The Morgan fingerprint density at radius 3 is 1.90 bits per heavy atom. The number of nitrogens with one attached hydrogen (secondary N) is 2. The number of anilines is 2. The average molecular weight is 573 g/mol. The van der Waals surface area contributed by atoms with Crippen molar-refractivity contribution in [2.24, 2.45) is 0 Å². The first-order valence-corrected chi connectivity index (χ1v) is 11.3. The molecule has 2 aromatic carbocycles. The second-order valence-electron chi connectivity index (χ2n) is 8.29. The molecule has 39 heavy (non-hydrogen) atoms. The highest BCUT2D eigenvalue weighted by molar-refractivity contribution is 7.13. The van der Waals surface area contributed by atoms with Gasteiger partial charge in [-0.2, -0.15) is 0 Å². The van der Waals surface area contributed by atoms with Crippen LogP contribution in [0.4, 0.5) is 10.8 Å². The summed E-state index contributed by atoms with van der Waals surface area (Å²) >= 11 is 0.721. The number of thiazole rings is 1. The molecule has 3 rings (SSSR count). The van der Waals surface area contributed by atoms with E-state index in [1.165, 1.54) is 29.6 Å². The summed E-state index contributed by atoms with van der Waals surface area (Å²) in [6.45, 7) is 0. The zero-order valence-electron chi connectivity index (χ0n) is 19.4. The molecule has 0 bridgehead atoms. The Balaban J connectivity index is 1.97. The van der Waals surface area contributed by atoms with Crippen molar-refractivity contribution in [1.29, 1.82) is 0 Å². The molecule has 0 saturated heterocycles. The van der Waals surface area contributed by atoms with Gasteiger partial charge >= 0.3 is 0 Å². The molecule has 1 heterocycles. The minimum absolute atomic E-state index is 0.165. The van der Waals surface area contributed by atoms with Crippen LogP contribution in [0.1, 0.15) is 16.8 Å². The van der Waals surface area contributed by atoms with Crippen molar-refractivity contribution in [2.75, 3.05) is 11.1 Å². The zero-order chi connectivity index (χ0) is 29.6. The number of rotatable bonds is 9. The molecule has 0 radical (unpaired) electrons. The summed E-state index contributed by atoms with van der Waals surface area (Å²) in [6.07, 6.45) is -0.763. The van der Waals surface area contributed by atoms with Gasteiger partial charge in [-0.3, -0.25) is 4.79 Å². The first-order valence-electron chi connectivity index (χ1n) is 10.5. The maximum atomic E-state index is 12.4. The largest absolute Gasteiger partial charge is 0.504 e. The highest BCUT2D eigenvalue weighted by atomic mass is 32.1. The van der Waals surface area contributed by atoms with Crippen molar-refractivity contribution in [3.8, 4) is 23.0 Å². The summed E-state index contributed by atoms with van der Waals surface area (Å²) in [5.41, 5.74) is 1.81. The molecule has 0 aliphatic rings. The smallest absolute Gasteiger partial charge is 0.291 e. The fourth-order valence-electron chi connectivity index (χ4n) is 3.38. The van der Waals surface area contributed by atoms with E-state index in [0.717, 1.165) is 16.7 Å². The summed E-state index contributed by atoms with van der Waals surface area (Å²) in [6, 6.07) is 7.41. The highest BCUT2D eigenvalue weighted by Crippen LogP contribution is 2.54. The van der Waals surface area contributed by atoms with Gasteiger partial charge in [0, 0.05) is 11.8 Å². The third-order valence-electron chi connectivity index (χ3n) is 5.33. The predicted octanol–water partition coefficient (Wildman–Crippen LogP) is -3.43. The van der Waals surface area contributed by atoms with E-state index >= 15 is 0 Å². The van der Waals surface area contributed by atoms with E-state index in [2.05, 4.69) is 4.98 Å². The van der Waals surface area contributed by atoms with Gasteiger partial charge in [0.25, 0.3) is 23.4 Å². The molecular formula is C21H24N4O13S. The molecule has 0 aliphatic carbocycles. The first-order chi connectivity index (χ1) is 17.8. The number of phenols is 4. The predicted molar refractivity (Wildman–Crippen MR) is 128 cm³/mol. The second-order valence-corrected chi connectivity index (χ2v) is 9.18. The van der Waals surface area contributed by atoms with Gasteiger partial charge in [-0.15, -0.1) is 11.3 Å². The summed E-state index contributed by atoms with van der Waals surface area (Å²) in [5, 5.41) is 127. The van der Waals surface area contributed by atoms with Gasteiger partial charge in [-0.25, -0.2) is 10.3 Å². The Bertz CT molecular complexity index is 1350. The average Bonchev–Trinajstić information content (AvgIpc) is 3.27. The monoisotopic (exact) mass is 572 g/mol. The summed E-state index contributed by atoms with van der Waals surface area (Å²) in [5.74, 6) is -23.9. The van der Waals surface area contributed by atoms with Crippen LogP contribution in [-0.2, 0) is 22.8 Å². The molecule has 18 heteroatoms. The summed E-state index contributed by atoms with van der Waals surface area (Å²) in [7, 11) is 0. The van der Waals surface area contributed by atoms with Crippen molar-refractivity contribution >= 4 is 28.1 Å². The number of phenolic OH excluding ortho intramolecular Hbond substituents is 4. The quantitative estimate of drug-likeness (QED) is 0.0673. The molecular weight excluding hydrogens is 548 g/mol. The molecule has 0 spiro atoms. The molecule has 0 saturated carbocycles. The second kappa shape index (κ2) is 10.1. The third-order valence-corrected chi connectivity index (χ3v) is 6.01. The Hall–Kier alpha value is -3.82. The lowest BCUT2D eigenvalue weighted by Crippen LogP contribution is -2.68. The lowest BCUT2D eigenvalue weighted by atomic mass is 9.96. The number of nitrogens with zero attached hydrogens (tertiary/aromatic N) is 1. The van der Waals surface area contributed by atoms with E-state index in [1.807, 2.05) is 0 Å². The Morgan fingerprint density at radius 2 is 1.41 bits per heavy atom. The van der Waals surface area contributed by atoms with Gasteiger partial charge in [0.1, 0.15) is 16.9 Å².